The second kappa shape index (κ2) is 4.46. The fraction of sp³-hybridized carbons (Fsp3) is 0.333. The van der Waals surface area contributed by atoms with Gasteiger partial charge in [0.15, 0.2) is 0 Å². The Hall–Kier alpha value is -1.03. The van der Waals surface area contributed by atoms with Gasteiger partial charge in [-0.15, -0.1) is 0 Å². The lowest BCUT2D eigenvalue weighted by molar-refractivity contribution is 0.210. The van der Waals surface area contributed by atoms with Crippen molar-refractivity contribution < 1.29 is 5.11 Å². The van der Waals surface area contributed by atoms with Crippen LogP contribution in [0.2, 0.25) is 0 Å². The molecule has 4 nitrogen and oxygen atoms in total. The molecule has 1 aromatic carbocycles. The molecule has 0 saturated carbocycles. The predicted molar refractivity (Wildman–Crippen MR) is 57.7 cm³/mol. The molecule has 0 aliphatic carbocycles. The van der Waals surface area contributed by atoms with Gasteiger partial charge >= 0.3 is 0 Å². The van der Waals surface area contributed by atoms with Crippen LogP contribution in [-0.2, 0) is 5.54 Å². The van der Waals surface area contributed by atoms with Crippen LogP contribution >= 0.6 is 15.9 Å². The van der Waals surface area contributed by atoms with E-state index in [1.165, 1.54) is 0 Å². The first-order valence-corrected chi connectivity index (χ1v) is 4.85. The zero-order valence-electron chi connectivity index (χ0n) is 7.68. The minimum absolute atomic E-state index is 0.210. The van der Waals surface area contributed by atoms with Crippen molar-refractivity contribution in [2.75, 3.05) is 6.61 Å². The summed E-state index contributed by atoms with van der Waals surface area (Å²) < 4.78 is 0.947. The summed E-state index contributed by atoms with van der Waals surface area (Å²) in [7, 11) is 0. The SMILES string of the molecule is CC(CO)(N=[N+]=[N-])c1ccc(Br)cc1. The Kier molecular flexibility index (Phi) is 3.52. The van der Waals surface area contributed by atoms with E-state index >= 15 is 0 Å². The van der Waals surface area contributed by atoms with Crippen LogP contribution < -0.4 is 0 Å². The molecule has 74 valence electrons. The van der Waals surface area contributed by atoms with Crippen molar-refractivity contribution in [3.63, 3.8) is 0 Å². The van der Waals surface area contributed by atoms with Crippen LogP contribution in [0.4, 0.5) is 0 Å². The van der Waals surface area contributed by atoms with E-state index in [2.05, 4.69) is 26.0 Å². The van der Waals surface area contributed by atoms with Crippen molar-refractivity contribution in [1.29, 1.82) is 0 Å². The molecule has 1 atom stereocenters. The van der Waals surface area contributed by atoms with E-state index in [0.29, 0.717) is 0 Å². The normalized spacial score (nSPS) is 14.2. The smallest absolute Gasteiger partial charge is 0.0940 e. The molecule has 1 unspecified atom stereocenters. The van der Waals surface area contributed by atoms with Crippen molar-refractivity contribution in [2.24, 2.45) is 5.11 Å². The maximum atomic E-state index is 9.16. The third-order valence-corrected chi connectivity index (χ3v) is 2.57. The monoisotopic (exact) mass is 255 g/mol. The first-order valence-electron chi connectivity index (χ1n) is 4.05. The molecule has 0 spiro atoms. The van der Waals surface area contributed by atoms with E-state index in [9.17, 15) is 0 Å². The number of azide groups is 1. The molecule has 0 amide bonds. The van der Waals surface area contributed by atoms with Gasteiger partial charge in [-0.1, -0.05) is 33.2 Å². The van der Waals surface area contributed by atoms with Crippen molar-refractivity contribution in [3.05, 3.63) is 44.7 Å². The Morgan fingerprint density at radius 2 is 2.07 bits per heavy atom. The van der Waals surface area contributed by atoms with Gasteiger partial charge < -0.3 is 5.11 Å². The molecule has 0 fully saturated rings. The van der Waals surface area contributed by atoms with E-state index in [0.717, 1.165) is 10.0 Å². The van der Waals surface area contributed by atoms with Gasteiger partial charge in [0.25, 0.3) is 0 Å². The molecule has 5 heteroatoms. The lowest BCUT2D eigenvalue weighted by Crippen LogP contribution is -2.23. The molecular formula is C9H10BrN3O. The zero-order valence-corrected chi connectivity index (χ0v) is 9.27. The van der Waals surface area contributed by atoms with Gasteiger partial charge in [-0.2, -0.15) is 0 Å². The number of rotatable bonds is 3. The third-order valence-electron chi connectivity index (χ3n) is 2.04. The van der Waals surface area contributed by atoms with Crippen molar-refractivity contribution in [2.45, 2.75) is 12.5 Å². The van der Waals surface area contributed by atoms with Crippen LogP contribution in [-0.4, -0.2) is 11.7 Å². The second-order valence-corrected chi connectivity index (χ2v) is 4.04. The van der Waals surface area contributed by atoms with Crippen LogP contribution in [0.1, 0.15) is 12.5 Å². The fourth-order valence-corrected chi connectivity index (χ4v) is 1.35. The molecule has 0 saturated heterocycles. The maximum absolute atomic E-state index is 9.16. The van der Waals surface area contributed by atoms with Gasteiger partial charge in [0.05, 0.1) is 12.1 Å². The van der Waals surface area contributed by atoms with E-state index in [1.54, 1.807) is 6.92 Å². The molecule has 14 heavy (non-hydrogen) atoms. The molecule has 0 heterocycles. The summed E-state index contributed by atoms with van der Waals surface area (Å²) in [4.78, 5) is 2.73. The highest BCUT2D eigenvalue weighted by molar-refractivity contribution is 9.10. The summed E-state index contributed by atoms with van der Waals surface area (Å²) in [5.74, 6) is 0. The van der Waals surface area contributed by atoms with Crippen LogP contribution in [0, 0.1) is 0 Å². The standard InChI is InChI=1S/C9H10BrN3O/c1-9(6-14,12-13-11)7-2-4-8(10)5-3-7/h2-5,14H,6H2,1H3. The summed E-state index contributed by atoms with van der Waals surface area (Å²) in [6, 6.07) is 7.32. The van der Waals surface area contributed by atoms with E-state index in [1.807, 2.05) is 24.3 Å². The quantitative estimate of drug-likeness (QED) is 0.504. The lowest BCUT2D eigenvalue weighted by Gasteiger charge is -2.21. The molecule has 0 aromatic heterocycles. The van der Waals surface area contributed by atoms with Gasteiger partial charge in [-0.05, 0) is 30.2 Å². The molecule has 0 aliphatic heterocycles. The summed E-state index contributed by atoms with van der Waals surface area (Å²) in [6.07, 6.45) is 0. The zero-order chi connectivity index (χ0) is 10.6. The van der Waals surface area contributed by atoms with E-state index < -0.39 is 5.54 Å². The highest BCUT2D eigenvalue weighted by atomic mass is 79.9. The summed E-state index contributed by atoms with van der Waals surface area (Å²) in [5, 5.41) is 12.8. The van der Waals surface area contributed by atoms with Gasteiger partial charge in [-0.25, -0.2) is 0 Å². The Labute approximate surface area is 90.3 Å². The van der Waals surface area contributed by atoms with Gasteiger partial charge in [0.2, 0.25) is 0 Å². The van der Waals surface area contributed by atoms with E-state index in [-0.39, 0.29) is 6.61 Å². The van der Waals surface area contributed by atoms with E-state index in [4.69, 9.17) is 10.6 Å². The molecular weight excluding hydrogens is 246 g/mol. The Morgan fingerprint density at radius 3 is 2.50 bits per heavy atom. The van der Waals surface area contributed by atoms with Crippen molar-refractivity contribution in [1.82, 2.24) is 0 Å². The van der Waals surface area contributed by atoms with Crippen molar-refractivity contribution >= 4 is 15.9 Å². The minimum atomic E-state index is -0.880. The highest BCUT2D eigenvalue weighted by Crippen LogP contribution is 2.26. The Balaban J connectivity index is 3.12. The molecule has 1 rings (SSSR count). The van der Waals surface area contributed by atoms with Gasteiger partial charge in [-0.3, -0.25) is 0 Å². The number of hydrogen-bond acceptors (Lipinski definition) is 2. The predicted octanol–water partition coefficient (Wildman–Crippen LogP) is 2.97. The van der Waals surface area contributed by atoms with Gasteiger partial charge in [0, 0.05) is 9.38 Å². The number of nitrogens with zero attached hydrogens (tertiary/aromatic N) is 3. The third kappa shape index (κ3) is 2.26. The van der Waals surface area contributed by atoms with Crippen molar-refractivity contribution in [3.8, 4) is 0 Å². The summed E-state index contributed by atoms with van der Waals surface area (Å²) in [6.45, 7) is 1.48. The second-order valence-electron chi connectivity index (χ2n) is 3.13. The largest absolute Gasteiger partial charge is 0.395 e. The topological polar surface area (TPSA) is 69.0 Å². The van der Waals surface area contributed by atoms with Crippen LogP contribution in [0.5, 0.6) is 0 Å². The summed E-state index contributed by atoms with van der Waals surface area (Å²) >= 11 is 3.31. The molecule has 1 N–H and O–H groups in total. The maximum Gasteiger partial charge on any atom is 0.0940 e. The van der Waals surface area contributed by atoms with Crippen LogP contribution in [0.3, 0.4) is 0 Å². The molecule has 0 bridgehead atoms. The fourth-order valence-electron chi connectivity index (χ4n) is 1.09. The van der Waals surface area contributed by atoms with Crippen LogP contribution in [0.15, 0.2) is 33.9 Å². The first kappa shape index (κ1) is 11.0. The molecule has 0 aliphatic rings. The van der Waals surface area contributed by atoms with Crippen LogP contribution in [0.25, 0.3) is 10.4 Å². The number of halogens is 1. The molecule has 0 radical (unpaired) electrons. The summed E-state index contributed by atoms with van der Waals surface area (Å²) in [5.41, 5.74) is 8.30. The highest BCUT2D eigenvalue weighted by Gasteiger charge is 2.23. The molecule has 1 aromatic rings. The number of aliphatic hydroxyl groups excluding tert-OH is 1. The Morgan fingerprint density at radius 1 is 1.50 bits per heavy atom. The average molecular weight is 256 g/mol. The number of hydrogen-bond donors (Lipinski definition) is 1. The number of aliphatic hydroxyl groups is 1. The van der Waals surface area contributed by atoms with Gasteiger partial charge in [0.1, 0.15) is 0 Å². The lowest BCUT2D eigenvalue weighted by atomic mass is 9.94. The average Bonchev–Trinajstić information content (AvgIpc) is 2.19. The minimum Gasteiger partial charge on any atom is -0.395 e. The number of benzene rings is 1. The first-order chi connectivity index (χ1) is 6.62. The Bertz CT molecular complexity index is 359.